The molecule has 0 aromatic heterocycles. The summed E-state index contributed by atoms with van der Waals surface area (Å²) in [4.78, 5) is 27.1. The van der Waals surface area contributed by atoms with Crippen molar-refractivity contribution in [3.63, 3.8) is 0 Å². The van der Waals surface area contributed by atoms with E-state index in [2.05, 4.69) is 10.6 Å². The van der Waals surface area contributed by atoms with Crippen molar-refractivity contribution in [1.29, 1.82) is 0 Å². The maximum atomic E-state index is 13.4. The molecule has 10 nitrogen and oxygen atoms in total. The number of rotatable bonds is 8. The van der Waals surface area contributed by atoms with E-state index in [0.717, 1.165) is 16.4 Å². The van der Waals surface area contributed by atoms with Crippen molar-refractivity contribution in [2.24, 2.45) is 5.92 Å². The lowest BCUT2D eigenvalue weighted by Crippen LogP contribution is -2.48. The van der Waals surface area contributed by atoms with Gasteiger partial charge in [0.05, 0.1) is 30.5 Å². The Morgan fingerprint density at radius 3 is 2.49 bits per heavy atom. The van der Waals surface area contributed by atoms with E-state index in [1.807, 2.05) is 20.8 Å². The molecule has 0 spiro atoms. The zero-order valence-corrected chi connectivity index (χ0v) is 23.7. The monoisotopic (exact) mass is 564 g/mol. The minimum absolute atomic E-state index is 0.0375. The zero-order chi connectivity index (χ0) is 28.9. The normalized spacial score (nSPS) is 19.0. The van der Waals surface area contributed by atoms with Crippen LogP contribution in [0.15, 0.2) is 47.4 Å². The third kappa shape index (κ3) is 7.68. The molecule has 3 rings (SSSR count). The van der Waals surface area contributed by atoms with Gasteiger partial charge in [0.15, 0.2) is 0 Å². The van der Waals surface area contributed by atoms with Crippen molar-refractivity contribution in [2.45, 2.75) is 57.2 Å². The molecule has 0 radical (unpaired) electrons. The van der Waals surface area contributed by atoms with Gasteiger partial charge in [0.2, 0.25) is 15.9 Å². The minimum Gasteiger partial charge on any atom is -0.488 e. The average molecular weight is 565 g/mol. The second-order valence-corrected chi connectivity index (χ2v) is 12.2. The molecule has 0 bridgehead atoms. The Bertz CT molecular complexity index is 1270. The molecule has 0 aliphatic carbocycles. The van der Waals surface area contributed by atoms with E-state index in [4.69, 9.17) is 4.74 Å². The number of nitrogens with zero attached hydrogens (tertiary/aromatic N) is 2. The zero-order valence-electron chi connectivity index (χ0n) is 22.8. The summed E-state index contributed by atoms with van der Waals surface area (Å²) in [6.45, 7) is 7.19. The quantitative estimate of drug-likeness (QED) is 0.453. The molecule has 3 amide bonds. The lowest BCUT2D eigenvalue weighted by atomic mass is 10.0. The van der Waals surface area contributed by atoms with Gasteiger partial charge in [-0.05, 0) is 63.2 Å². The Labute approximate surface area is 229 Å². The molecule has 0 saturated heterocycles. The van der Waals surface area contributed by atoms with E-state index in [9.17, 15) is 27.5 Å². The molecule has 2 aromatic rings. The number of urea groups is 1. The lowest BCUT2D eigenvalue weighted by molar-refractivity contribution is -0.134. The number of carbonyl (C=O) groups excluding carboxylic acids is 2. The van der Waals surface area contributed by atoms with Crippen LogP contribution in [0.5, 0.6) is 5.75 Å². The number of halogens is 1. The summed E-state index contributed by atoms with van der Waals surface area (Å²) in [7, 11) is -2.53. The highest BCUT2D eigenvalue weighted by molar-refractivity contribution is 7.89. The molecule has 2 aromatic carbocycles. The van der Waals surface area contributed by atoms with Crippen LogP contribution in [0.4, 0.5) is 14.9 Å². The largest absolute Gasteiger partial charge is 0.488 e. The number of ether oxygens (including phenoxy) is 1. The molecular weight excluding hydrogens is 527 g/mol. The van der Waals surface area contributed by atoms with Gasteiger partial charge in [-0.2, -0.15) is 4.31 Å². The van der Waals surface area contributed by atoms with Crippen molar-refractivity contribution in [1.82, 2.24) is 14.5 Å². The summed E-state index contributed by atoms with van der Waals surface area (Å²) in [5, 5.41) is 15.3. The molecule has 1 aliphatic heterocycles. The maximum absolute atomic E-state index is 13.4. The highest BCUT2D eigenvalue weighted by atomic mass is 32.2. The number of hydrogen-bond acceptors (Lipinski definition) is 6. The standard InChI is InChI=1S/C27H37FN4O6S/c1-17(2)29-27(35)30-22-8-11-24-20(12-22)13-26(34)32(19(4)16-33)14-18(3)25(38-24)15-31(5)39(36,37)23-9-6-21(28)7-10-23/h6-12,17-19,25,33H,13-16H2,1-5H3,(H2,29,30,35)/t18-,19+,25-/m0/s1. The van der Waals surface area contributed by atoms with Gasteiger partial charge in [-0.1, -0.05) is 6.92 Å². The third-order valence-electron chi connectivity index (χ3n) is 6.55. The molecule has 1 aliphatic rings. The van der Waals surface area contributed by atoms with Crippen molar-refractivity contribution in [2.75, 3.05) is 32.1 Å². The summed E-state index contributed by atoms with van der Waals surface area (Å²) < 4.78 is 47.2. The first-order valence-electron chi connectivity index (χ1n) is 12.8. The van der Waals surface area contributed by atoms with Gasteiger partial charge in [-0.15, -0.1) is 0 Å². The third-order valence-corrected chi connectivity index (χ3v) is 8.39. The van der Waals surface area contributed by atoms with Gasteiger partial charge < -0.3 is 25.4 Å². The average Bonchev–Trinajstić information content (AvgIpc) is 2.91. The molecule has 12 heteroatoms. The van der Waals surface area contributed by atoms with Gasteiger partial charge >= 0.3 is 6.03 Å². The first-order valence-corrected chi connectivity index (χ1v) is 14.2. The smallest absolute Gasteiger partial charge is 0.319 e. The van der Waals surface area contributed by atoms with E-state index in [1.165, 1.54) is 19.2 Å². The number of likely N-dealkylation sites (N-methyl/N-ethyl adjacent to an activating group) is 1. The van der Waals surface area contributed by atoms with Crippen LogP contribution >= 0.6 is 0 Å². The van der Waals surface area contributed by atoms with Crippen molar-refractivity contribution in [3.05, 3.63) is 53.8 Å². The van der Waals surface area contributed by atoms with E-state index >= 15 is 0 Å². The Balaban J connectivity index is 1.95. The second-order valence-electron chi connectivity index (χ2n) is 10.2. The van der Waals surface area contributed by atoms with Gasteiger partial charge in [0.1, 0.15) is 17.7 Å². The molecule has 39 heavy (non-hydrogen) atoms. The molecule has 0 saturated carbocycles. The van der Waals surface area contributed by atoms with Gasteiger partial charge in [0, 0.05) is 36.8 Å². The number of fused-ring (bicyclic) bond motifs is 1. The van der Waals surface area contributed by atoms with Crippen molar-refractivity contribution >= 4 is 27.6 Å². The first-order chi connectivity index (χ1) is 18.3. The Morgan fingerprint density at radius 2 is 1.87 bits per heavy atom. The number of anilines is 1. The molecule has 1 heterocycles. The number of aliphatic hydroxyl groups is 1. The summed E-state index contributed by atoms with van der Waals surface area (Å²) in [5.74, 6) is -0.708. The van der Waals surface area contributed by atoms with Crippen LogP contribution in [0.2, 0.25) is 0 Å². The van der Waals surface area contributed by atoms with Crippen LogP contribution in [0, 0.1) is 11.7 Å². The molecule has 214 valence electrons. The summed E-state index contributed by atoms with van der Waals surface area (Å²) in [6.07, 6.45) is -0.712. The van der Waals surface area contributed by atoms with Crippen LogP contribution in [0.3, 0.4) is 0 Å². The number of sulfonamides is 1. The van der Waals surface area contributed by atoms with E-state index < -0.39 is 34.0 Å². The Morgan fingerprint density at radius 1 is 1.21 bits per heavy atom. The predicted molar refractivity (Wildman–Crippen MR) is 145 cm³/mol. The Hall–Kier alpha value is -3.22. The van der Waals surface area contributed by atoms with Crippen LogP contribution < -0.4 is 15.4 Å². The fraction of sp³-hybridized carbons (Fsp3) is 0.481. The van der Waals surface area contributed by atoms with E-state index in [0.29, 0.717) is 17.0 Å². The van der Waals surface area contributed by atoms with Crippen molar-refractivity contribution in [3.8, 4) is 5.75 Å². The minimum atomic E-state index is -3.95. The highest BCUT2D eigenvalue weighted by Crippen LogP contribution is 2.30. The van der Waals surface area contributed by atoms with E-state index in [1.54, 1.807) is 30.0 Å². The van der Waals surface area contributed by atoms with Gasteiger partial charge in [-0.3, -0.25) is 4.79 Å². The van der Waals surface area contributed by atoms with Gasteiger partial charge in [0.25, 0.3) is 0 Å². The number of nitrogens with one attached hydrogen (secondary N) is 2. The molecule has 3 N–H and O–H groups in total. The Kier molecular flexibility index (Phi) is 9.92. The number of aliphatic hydroxyl groups excluding tert-OH is 1. The number of amides is 3. The topological polar surface area (TPSA) is 128 Å². The number of carbonyl (C=O) groups is 2. The van der Waals surface area contributed by atoms with Crippen LogP contribution in [0.1, 0.15) is 33.3 Å². The number of hydrogen-bond donors (Lipinski definition) is 3. The SMILES string of the molecule is CC(C)NC(=O)Nc1ccc2c(c1)CC(=O)N([C@H](C)CO)C[C@H](C)[C@H](CN(C)S(=O)(=O)c1ccc(F)cc1)O2. The maximum Gasteiger partial charge on any atom is 0.319 e. The first kappa shape index (κ1) is 30.3. The number of benzene rings is 2. The van der Waals surface area contributed by atoms with Crippen LogP contribution in [0.25, 0.3) is 0 Å². The fourth-order valence-corrected chi connectivity index (χ4v) is 5.48. The fourth-order valence-electron chi connectivity index (χ4n) is 4.29. The van der Waals surface area contributed by atoms with E-state index in [-0.39, 0.29) is 48.9 Å². The molecule has 0 fully saturated rings. The summed E-state index contributed by atoms with van der Waals surface area (Å²) in [5.41, 5.74) is 0.977. The summed E-state index contributed by atoms with van der Waals surface area (Å²) in [6, 6.07) is 8.60. The lowest BCUT2D eigenvalue weighted by Gasteiger charge is -2.33. The summed E-state index contributed by atoms with van der Waals surface area (Å²) >= 11 is 0. The van der Waals surface area contributed by atoms with Gasteiger partial charge in [-0.25, -0.2) is 17.6 Å². The van der Waals surface area contributed by atoms with Crippen LogP contribution in [-0.2, 0) is 21.2 Å². The predicted octanol–water partition coefficient (Wildman–Crippen LogP) is 2.83. The molecule has 3 atom stereocenters. The molecule has 0 unspecified atom stereocenters. The molecular formula is C27H37FN4O6S. The van der Waals surface area contributed by atoms with Crippen LogP contribution in [-0.4, -0.2) is 79.6 Å². The highest BCUT2D eigenvalue weighted by Gasteiger charge is 2.33. The van der Waals surface area contributed by atoms with Crippen molar-refractivity contribution < 1.29 is 32.2 Å². The second kappa shape index (κ2) is 12.8.